The van der Waals surface area contributed by atoms with Crippen LogP contribution in [0, 0.1) is 5.41 Å². The van der Waals surface area contributed by atoms with Crippen molar-refractivity contribution >= 4 is 5.91 Å². The number of hydrogen-bond donors (Lipinski definition) is 1. The standard InChI is InChI=1S/C17H30N2O2/c20-16(12-15-13-21-11-9-18-15)19-10-5-8-17(14-19)6-3-1-2-4-7-17/h15,18H,1-14H2. The van der Waals surface area contributed by atoms with Crippen LogP contribution in [0.1, 0.15) is 57.8 Å². The smallest absolute Gasteiger partial charge is 0.224 e. The van der Waals surface area contributed by atoms with Crippen molar-refractivity contribution in [3.8, 4) is 0 Å². The average molecular weight is 294 g/mol. The Kier molecular flexibility index (Phi) is 5.17. The van der Waals surface area contributed by atoms with Crippen molar-refractivity contribution in [1.82, 2.24) is 10.2 Å². The van der Waals surface area contributed by atoms with Gasteiger partial charge in [0.25, 0.3) is 0 Å². The molecule has 2 aliphatic heterocycles. The Balaban J connectivity index is 1.55. The first-order valence-electron chi connectivity index (χ1n) is 8.86. The Bertz CT molecular complexity index is 345. The van der Waals surface area contributed by atoms with Crippen LogP contribution in [0.5, 0.6) is 0 Å². The highest BCUT2D eigenvalue weighted by atomic mass is 16.5. The van der Waals surface area contributed by atoms with Crippen LogP contribution in [0.4, 0.5) is 0 Å². The van der Waals surface area contributed by atoms with E-state index in [1.807, 2.05) is 0 Å². The van der Waals surface area contributed by atoms with Gasteiger partial charge in [-0.3, -0.25) is 4.79 Å². The van der Waals surface area contributed by atoms with Gasteiger partial charge in [-0.15, -0.1) is 0 Å². The number of hydrogen-bond acceptors (Lipinski definition) is 3. The maximum Gasteiger partial charge on any atom is 0.224 e. The summed E-state index contributed by atoms with van der Waals surface area (Å²) in [7, 11) is 0. The number of nitrogens with zero attached hydrogens (tertiary/aromatic N) is 1. The van der Waals surface area contributed by atoms with Crippen LogP contribution < -0.4 is 5.32 Å². The predicted octanol–water partition coefficient (Wildman–Crippen LogP) is 2.33. The molecule has 2 saturated heterocycles. The van der Waals surface area contributed by atoms with E-state index < -0.39 is 0 Å². The molecule has 1 saturated carbocycles. The van der Waals surface area contributed by atoms with Crippen molar-refractivity contribution in [2.24, 2.45) is 5.41 Å². The lowest BCUT2D eigenvalue weighted by Gasteiger charge is -2.43. The minimum atomic E-state index is 0.221. The summed E-state index contributed by atoms with van der Waals surface area (Å²) in [6, 6.07) is 0.221. The van der Waals surface area contributed by atoms with E-state index in [0.717, 1.165) is 26.2 Å². The van der Waals surface area contributed by atoms with Gasteiger partial charge in [0.2, 0.25) is 5.91 Å². The van der Waals surface area contributed by atoms with E-state index in [-0.39, 0.29) is 6.04 Å². The van der Waals surface area contributed by atoms with E-state index in [9.17, 15) is 4.79 Å². The third-order valence-corrected chi connectivity index (χ3v) is 5.60. The second-order valence-corrected chi connectivity index (χ2v) is 7.26. The van der Waals surface area contributed by atoms with Crippen LogP contribution in [0.15, 0.2) is 0 Å². The van der Waals surface area contributed by atoms with Gasteiger partial charge in [0.1, 0.15) is 0 Å². The molecule has 1 amide bonds. The molecule has 1 unspecified atom stereocenters. The van der Waals surface area contributed by atoms with Crippen molar-refractivity contribution in [2.45, 2.75) is 63.8 Å². The summed E-state index contributed by atoms with van der Waals surface area (Å²) in [5, 5.41) is 3.40. The molecule has 3 fully saturated rings. The molecule has 120 valence electrons. The van der Waals surface area contributed by atoms with Crippen molar-refractivity contribution < 1.29 is 9.53 Å². The van der Waals surface area contributed by atoms with Crippen LogP contribution in [-0.2, 0) is 9.53 Å². The minimum absolute atomic E-state index is 0.221. The fourth-order valence-electron chi connectivity index (χ4n) is 4.40. The van der Waals surface area contributed by atoms with Crippen LogP contribution in [0.25, 0.3) is 0 Å². The molecular formula is C17H30N2O2. The molecular weight excluding hydrogens is 264 g/mol. The Hall–Kier alpha value is -0.610. The van der Waals surface area contributed by atoms with Gasteiger partial charge in [0.15, 0.2) is 0 Å². The summed E-state index contributed by atoms with van der Waals surface area (Å²) in [6.07, 6.45) is 11.3. The van der Waals surface area contributed by atoms with E-state index >= 15 is 0 Å². The van der Waals surface area contributed by atoms with Crippen LogP contribution in [-0.4, -0.2) is 49.7 Å². The lowest BCUT2D eigenvalue weighted by molar-refractivity contribution is -0.136. The summed E-state index contributed by atoms with van der Waals surface area (Å²) in [5.41, 5.74) is 0.445. The molecule has 3 rings (SSSR count). The van der Waals surface area contributed by atoms with Crippen molar-refractivity contribution in [3.05, 3.63) is 0 Å². The summed E-state index contributed by atoms with van der Waals surface area (Å²) in [4.78, 5) is 14.8. The summed E-state index contributed by atoms with van der Waals surface area (Å²) >= 11 is 0. The number of likely N-dealkylation sites (tertiary alicyclic amines) is 1. The number of carbonyl (C=O) groups excluding carboxylic acids is 1. The zero-order chi connectivity index (χ0) is 14.5. The average Bonchev–Trinajstić information content (AvgIpc) is 2.74. The zero-order valence-corrected chi connectivity index (χ0v) is 13.2. The maximum absolute atomic E-state index is 12.6. The number of ether oxygens (including phenoxy) is 1. The number of morpholine rings is 1. The largest absolute Gasteiger partial charge is 0.378 e. The maximum atomic E-state index is 12.6. The third kappa shape index (κ3) is 3.98. The van der Waals surface area contributed by atoms with Gasteiger partial charge >= 0.3 is 0 Å². The highest BCUT2D eigenvalue weighted by molar-refractivity contribution is 5.77. The molecule has 1 N–H and O–H groups in total. The lowest BCUT2D eigenvalue weighted by atomic mass is 9.74. The summed E-state index contributed by atoms with van der Waals surface area (Å²) < 4.78 is 5.46. The van der Waals surface area contributed by atoms with Crippen LogP contribution in [0.3, 0.4) is 0 Å². The molecule has 1 atom stereocenters. The quantitative estimate of drug-likeness (QED) is 0.850. The highest BCUT2D eigenvalue weighted by Crippen LogP contribution is 2.42. The summed E-state index contributed by atoms with van der Waals surface area (Å²) in [6.45, 7) is 4.32. The van der Waals surface area contributed by atoms with Gasteiger partial charge in [-0.2, -0.15) is 0 Å². The fourth-order valence-corrected chi connectivity index (χ4v) is 4.40. The van der Waals surface area contributed by atoms with E-state index in [4.69, 9.17) is 4.74 Å². The molecule has 0 bridgehead atoms. The lowest BCUT2D eigenvalue weighted by Crippen LogP contribution is -2.49. The highest BCUT2D eigenvalue weighted by Gasteiger charge is 2.37. The first-order chi connectivity index (χ1) is 10.3. The van der Waals surface area contributed by atoms with E-state index in [0.29, 0.717) is 24.3 Å². The third-order valence-electron chi connectivity index (χ3n) is 5.60. The Labute approximate surface area is 128 Å². The van der Waals surface area contributed by atoms with Crippen LogP contribution >= 0.6 is 0 Å². The van der Waals surface area contributed by atoms with Gasteiger partial charge in [-0.1, -0.05) is 25.7 Å². The van der Waals surface area contributed by atoms with E-state index in [2.05, 4.69) is 10.2 Å². The molecule has 0 aromatic heterocycles. The molecule has 0 aromatic rings. The topological polar surface area (TPSA) is 41.6 Å². The van der Waals surface area contributed by atoms with E-state index in [1.54, 1.807) is 0 Å². The zero-order valence-electron chi connectivity index (χ0n) is 13.2. The first-order valence-corrected chi connectivity index (χ1v) is 8.86. The van der Waals surface area contributed by atoms with Gasteiger partial charge in [-0.25, -0.2) is 0 Å². The molecule has 4 heteroatoms. The second-order valence-electron chi connectivity index (χ2n) is 7.26. The van der Waals surface area contributed by atoms with Crippen LogP contribution in [0.2, 0.25) is 0 Å². The van der Waals surface area contributed by atoms with Crippen molar-refractivity contribution in [2.75, 3.05) is 32.8 Å². The van der Waals surface area contributed by atoms with E-state index in [1.165, 1.54) is 51.4 Å². The SMILES string of the molecule is O=C(CC1COCCN1)N1CCCC2(CCCCCC2)C1. The monoisotopic (exact) mass is 294 g/mol. The number of nitrogens with one attached hydrogen (secondary N) is 1. The number of piperidine rings is 1. The number of amides is 1. The summed E-state index contributed by atoms with van der Waals surface area (Å²) in [5.74, 6) is 0.335. The Morgan fingerprint density at radius 3 is 2.62 bits per heavy atom. The van der Waals surface area contributed by atoms with Crippen molar-refractivity contribution in [3.63, 3.8) is 0 Å². The normalized spacial score (nSPS) is 30.1. The van der Waals surface area contributed by atoms with Gasteiger partial charge < -0.3 is 15.0 Å². The molecule has 3 aliphatic rings. The van der Waals surface area contributed by atoms with Crippen molar-refractivity contribution in [1.29, 1.82) is 0 Å². The fraction of sp³-hybridized carbons (Fsp3) is 0.941. The Morgan fingerprint density at radius 1 is 1.14 bits per heavy atom. The number of carbonyl (C=O) groups is 1. The molecule has 0 radical (unpaired) electrons. The number of rotatable bonds is 2. The first kappa shape index (κ1) is 15.3. The van der Waals surface area contributed by atoms with Gasteiger partial charge in [0.05, 0.1) is 13.2 Å². The molecule has 21 heavy (non-hydrogen) atoms. The molecule has 0 aromatic carbocycles. The Morgan fingerprint density at radius 2 is 1.90 bits per heavy atom. The molecule has 1 spiro atoms. The molecule has 4 nitrogen and oxygen atoms in total. The molecule has 2 heterocycles. The van der Waals surface area contributed by atoms with Gasteiger partial charge in [0, 0.05) is 32.1 Å². The minimum Gasteiger partial charge on any atom is -0.378 e. The second kappa shape index (κ2) is 7.10. The predicted molar refractivity (Wildman–Crippen MR) is 83.2 cm³/mol. The van der Waals surface area contributed by atoms with Gasteiger partial charge in [-0.05, 0) is 31.1 Å². The molecule has 1 aliphatic carbocycles.